The molecule has 0 aliphatic carbocycles. The van der Waals surface area contributed by atoms with Crippen molar-refractivity contribution in [3.8, 4) is 11.5 Å². The predicted molar refractivity (Wildman–Crippen MR) is 115 cm³/mol. The van der Waals surface area contributed by atoms with E-state index < -0.39 is 11.6 Å². The topological polar surface area (TPSA) is 59.1 Å². The average Bonchev–Trinajstić information content (AvgIpc) is 2.82. The van der Waals surface area contributed by atoms with Gasteiger partial charge in [-0.25, -0.2) is 8.78 Å². The maximum atomic E-state index is 14.5. The Morgan fingerprint density at radius 3 is 2.22 bits per heavy atom. The lowest BCUT2D eigenvalue weighted by atomic mass is 9.92. The Kier molecular flexibility index (Phi) is 6.30. The van der Waals surface area contributed by atoms with Crippen LogP contribution in [-0.2, 0) is 11.2 Å². The number of nitrogens with zero attached hydrogens (tertiary/aromatic N) is 2. The Balaban J connectivity index is 1.45. The summed E-state index contributed by atoms with van der Waals surface area (Å²) in [6.07, 6.45) is 2.18. The Hall–Kier alpha value is -3.16. The van der Waals surface area contributed by atoms with Crippen LogP contribution in [0.5, 0.6) is 11.5 Å². The molecule has 0 N–H and O–H groups in total. The molecule has 0 aromatic heterocycles. The highest BCUT2D eigenvalue weighted by atomic mass is 19.1. The van der Waals surface area contributed by atoms with E-state index >= 15 is 0 Å². The van der Waals surface area contributed by atoms with Crippen molar-refractivity contribution >= 4 is 17.5 Å². The standard InChI is InChI=1S/C24H26F2N2O4/c1-31-19-11-17(12-20(14-19)32-2)23(29)27-8-5-15(6-9-27)24(30)28-7-3-4-16-10-18(25)13-21(26)22(16)28/h10-15H,3-9H2,1-2H3. The summed E-state index contributed by atoms with van der Waals surface area (Å²) in [5, 5.41) is 0. The van der Waals surface area contributed by atoms with Gasteiger partial charge in [-0.1, -0.05) is 0 Å². The van der Waals surface area contributed by atoms with Crippen LogP contribution in [0.15, 0.2) is 30.3 Å². The van der Waals surface area contributed by atoms with Gasteiger partial charge in [0.1, 0.15) is 23.1 Å². The van der Waals surface area contributed by atoms with Gasteiger partial charge < -0.3 is 19.3 Å². The number of ether oxygens (including phenoxy) is 2. The molecule has 0 atom stereocenters. The van der Waals surface area contributed by atoms with Gasteiger partial charge >= 0.3 is 0 Å². The number of hydrogen-bond acceptors (Lipinski definition) is 4. The molecule has 4 rings (SSSR count). The summed E-state index contributed by atoms with van der Waals surface area (Å²) in [5.74, 6) is -0.900. The van der Waals surface area contributed by atoms with Crippen molar-refractivity contribution in [3.05, 3.63) is 53.1 Å². The molecule has 0 bridgehead atoms. The molecule has 2 aromatic carbocycles. The van der Waals surface area contributed by atoms with Gasteiger partial charge in [-0.2, -0.15) is 0 Å². The second-order valence-corrected chi connectivity index (χ2v) is 8.16. The molecule has 32 heavy (non-hydrogen) atoms. The van der Waals surface area contributed by atoms with Crippen LogP contribution >= 0.6 is 0 Å². The first-order chi connectivity index (χ1) is 15.4. The number of methoxy groups -OCH3 is 2. The molecule has 0 radical (unpaired) electrons. The van der Waals surface area contributed by atoms with E-state index in [1.165, 1.54) is 25.2 Å². The largest absolute Gasteiger partial charge is 0.497 e. The molecule has 8 heteroatoms. The lowest BCUT2D eigenvalue weighted by Gasteiger charge is -2.36. The fraction of sp³-hybridized carbons (Fsp3) is 0.417. The summed E-state index contributed by atoms with van der Waals surface area (Å²) < 4.78 is 38.6. The van der Waals surface area contributed by atoms with E-state index in [-0.39, 0.29) is 23.4 Å². The highest BCUT2D eigenvalue weighted by Crippen LogP contribution is 2.34. The maximum Gasteiger partial charge on any atom is 0.254 e. The number of halogens is 2. The molecular formula is C24H26F2N2O4. The Morgan fingerprint density at radius 1 is 0.938 bits per heavy atom. The van der Waals surface area contributed by atoms with Gasteiger partial charge in [-0.3, -0.25) is 9.59 Å². The van der Waals surface area contributed by atoms with E-state index in [0.29, 0.717) is 67.9 Å². The number of carbonyl (C=O) groups excluding carboxylic acids is 2. The summed E-state index contributed by atoms with van der Waals surface area (Å²) in [6, 6.07) is 7.15. The van der Waals surface area contributed by atoms with Crippen LogP contribution in [0, 0.1) is 17.6 Å². The van der Waals surface area contributed by atoms with Crippen LogP contribution in [0.25, 0.3) is 0 Å². The minimum absolute atomic E-state index is 0.155. The molecule has 2 aromatic rings. The lowest BCUT2D eigenvalue weighted by Crippen LogP contribution is -2.46. The number of hydrogen-bond donors (Lipinski definition) is 0. The summed E-state index contributed by atoms with van der Waals surface area (Å²) in [7, 11) is 3.05. The van der Waals surface area contributed by atoms with Crippen molar-refractivity contribution in [1.29, 1.82) is 0 Å². The number of likely N-dealkylation sites (tertiary alicyclic amines) is 1. The highest BCUT2D eigenvalue weighted by Gasteiger charge is 2.34. The second kappa shape index (κ2) is 9.14. The SMILES string of the molecule is COc1cc(OC)cc(C(=O)N2CCC(C(=O)N3CCCc4cc(F)cc(F)c43)CC2)c1. The molecule has 2 aliphatic rings. The normalized spacial score (nSPS) is 16.5. The summed E-state index contributed by atoms with van der Waals surface area (Å²) >= 11 is 0. The molecular weight excluding hydrogens is 418 g/mol. The van der Waals surface area contributed by atoms with Crippen LogP contribution in [0.2, 0.25) is 0 Å². The van der Waals surface area contributed by atoms with Crippen molar-refractivity contribution in [3.63, 3.8) is 0 Å². The van der Waals surface area contributed by atoms with Crippen LogP contribution in [0.4, 0.5) is 14.5 Å². The van der Waals surface area contributed by atoms with Crippen LogP contribution in [-0.4, -0.2) is 50.6 Å². The second-order valence-electron chi connectivity index (χ2n) is 8.16. The zero-order chi connectivity index (χ0) is 22.8. The molecule has 1 saturated heterocycles. The molecule has 0 saturated carbocycles. The minimum atomic E-state index is -0.701. The fourth-order valence-electron chi connectivity index (χ4n) is 4.54. The van der Waals surface area contributed by atoms with E-state index in [1.54, 1.807) is 23.1 Å². The van der Waals surface area contributed by atoms with Crippen LogP contribution < -0.4 is 14.4 Å². The number of amides is 2. The number of aryl methyl sites for hydroxylation is 1. The predicted octanol–water partition coefficient (Wildman–Crippen LogP) is 3.81. The van der Waals surface area contributed by atoms with E-state index in [0.717, 1.165) is 6.07 Å². The summed E-state index contributed by atoms with van der Waals surface area (Å²) in [6.45, 7) is 1.25. The van der Waals surface area contributed by atoms with E-state index in [2.05, 4.69) is 0 Å². The first-order valence-corrected chi connectivity index (χ1v) is 10.7. The number of fused-ring (bicyclic) bond motifs is 1. The van der Waals surface area contributed by atoms with E-state index in [4.69, 9.17) is 9.47 Å². The van der Waals surface area contributed by atoms with E-state index in [9.17, 15) is 18.4 Å². The van der Waals surface area contributed by atoms with Crippen molar-refractivity contribution in [2.24, 2.45) is 5.92 Å². The molecule has 6 nitrogen and oxygen atoms in total. The number of rotatable bonds is 4. The Morgan fingerprint density at radius 2 is 1.59 bits per heavy atom. The summed E-state index contributed by atoms with van der Waals surface area (Å²) in [4.78, 5) is 29.4. The number of benzene rings is 2. The first kappa shape index (κ1) is 22.0. The van der Waals surface area contributed by atoms with Crippen molar-refractivity contribution < 1.29 is 27.8 Å². The molecule has 2 aliphatic heterocycles. The molecule has 170 valence electrons. The van der Waals surface area contributed by atoms with Crippen LogP contribution in [0.1, 0.15) is 35.2 Å². The third kappa shape index (κ3) is 4.26. The van der Waals surface area contributed by atoms with Crippen molar-refractivity contribution in [2.75, 3.05) is 38.8 Å². The van der Waals surface area contributed by atoms with Gasteiger partial charge in [0.25, 0.3) is 5.91 Å². The zero-order valence-corrected chi connectivity index (χ0v) is 18.2. The maximum absolute atomic E-state index is 14.5. The smallest absolute Gasteiger partial charge is 0.254 e. The number of piperidine rings is 1. The van der Waals surface area contributed by atoms with Gasteiger partial charge in [-0.05, 0) is 49.4 Å². The molecule has 0 unspecified atom stereocenters. The minimum Gasteiger partial charge on any atom is -0.497 e. The van der Waals surface area contributed by atoms with Gasteiger partial charge in [0.2, 0.25) is 5.91 Å². The first-order valence-electron chi connectivity index (χ1n) is 10.7. The third-order valence-corrected chi connectivity index (χ3v) is 6.20. The Bertz CT molecular complexity index is 1010. The molecule has 0 spiro atoms. The van der Waals surface area contributed by atoms with Gasteiger partial charge in [-0.15, -0.1) is 0 Å². The average molecular weight is 444 g/mol. The molecule has 2 amide bonds. The van der Waals surface area contributed by atoms with Gasteiger partial charge in [0.15, 0.2) is 0 Å². The quantitative estimate of drug-likeness (QED) is 0.720. The lowest BCUT2D eigenvalue weighted by molar-refractivity contribution is -0.123. The Labute approximate surface area is 185 Å². The van der Waals surface area contributed by atoms with Crippen LogP contribution in [0.3, 0.4) is 0 Å². The van der Waals surface area contributed by atoms with Crippen molar-refractivity contribution in [2.45, 2.75) is 25.7 Å². The monoisotopic (exact) mass is 444 g/mol. The number of anilines is 1. The highest BCUT2D eigenvalue weighted by molar-refractivity contribution is 5.97. The van der Waals surface area contributed by atoms with Gasteiger partial charge in [0, 0.05) is 43.2 Å². The molecule has 1 fully saturated rings. The third-order valence-electron chi connectivity index (χ3n) is 6.20. The van der Waals surface area contributed by atoms with E-state index in [1.807, 2.05) is 0 Å². The number of carbonyl (C=O) groups is 2. The molecule has 2 heterocycles. The van der Waals surface area contributed by atoms with Crippen molar-refractivity contribution in [1.82, 2.24) is 4.90 Å². The summed E-state index contributed by atoms with van der Waals surface area (Å²) in [5.41, 5.74) is 1.19. The fourth-order valence-corrected chi connectivity index (χ4v) is 4.54. The zero-order valence-electron chi connectivity index (χ0n) is 18.2. The van der Waals surface area contributed by atoms with Gasteiger partial charge in [0.05, 0.1) is 19.9 Å².